The average molecular weight is 383 g/mol. The van der Waals surface area contributed by atoms with Gasteiger partial charge in [0.2, 0.25) is 5.95 Å². The Labute approximate surface area is 140 Å². The molecule has 0 bridgehead atoms. The Morgan fingerprint density at radius 1 is 1.39 bits per heavy atom. The number of rotatable bonds is 2. The maximum absolute atomic E-state index is 14.7. The molecule has 8 heteroatoms. The van der Waals surface area contributed by atoms with E-state index in [-0.39, 0.29) is 16.6 Å². The van der Waals surface area contributed by atoms with Gasteiger partial charge in [0.05, 0.1) is 28.6 Å². The molecule has 23 heavy (non-hydrogen) atoms. The molecule has 0 unspecified atom stereocenters. The Morgan fingerprint density at radius 3 is 2.78 bits per heavy atom. The zero-order valence-electron chi connectivity index (χ0n) is 12.8. The highest BCUT2D eigenvalue weighted by Crippen LogP contribution is 2.36. The number of likely N-dealkylation sites (N-methyl/N-ethyl adjacent to an activating group) is 1. The number of aromatic nitrogens is 2. The zero-order chi connectivity index (χ0) is 16.4. The third-order valence-corrected chi connectivity index (χ3v) is 5.54. The number of aromatic amines is 1. The van der Waals surface area contributed by atoms with E-state index in [0.717, 1.165) is 5.56 Å². The fourth-order valence-electron chi connectivity index (χ4n) is 3.24. The summed E-state index contributed by atoms with van der Waals surface area (Å²) in [6, 6.07) is 0. The van der Waals surface area contributed by atoms with Gasteiger partial charge in [0.1, 0.15) is 5.52 Å². The highest BCUT2D eigenvalue weighted by atomic mass is 79.9. The lowest BCUT2D eigenvalue weighted by atomic mass is 9.93. The first-order chi connectivity index (χ1) is 10.9. The van der Waals surface area contributed by atoms with Crippen molar-refractivity contribution in [2.45, 2.75) is 25.7 Å². The van der Waals surface area contributed by atoms with Crippen molar-refractivity contribution >= 4 is 32.8 Å². The van der Waals surface area contributed by atoms with Crippen LogP contribution in [0.3, 0.4) is 0 Å². The molecule has 0 saturated carbocycles. The molecule has 0 spiro atoms. The van der Waals surface area contributed by atoms with Crippen molar-refractivity contribution in [3.63, 3.8) is 0 Å². The minimum atomic E-state index is -0.506. The number of ether oxygens (including phenoxy) is 1. The quantitative estimate of drug-likeness (QED) is 0.826. The van der Waals surface area contributed by atoms with E-state index >= 15 is 0 Å². The first kappa shape index (κ1) is 15.0. The molecular weight excluding hydrogens is 367 g/mol. The standard InChI is InChI=1S/C15H16BrFN4O2/c1-15(18-2)5-21(6-15)14-19-12-9(13(22)20-14)7-3-23-4-8(7)10(16)11(12)17/h18H,3-6H2,1-2H3,(H,19,20,22). The van der Waals surface area contributed by atoms with Gasteiger partial charge in [0, 0.05) is 18.7 Å². The van der Waals surface area contributed by atoms with Gasteiger partial charge in [-0.05, 0) is 35.5 Å². The molecule has 0 amide bonds. The summed E-state index contributed by atoms with van der Waals surface area (Å²) in [6.07, 6.45) is 0. The number of hydrogen-bond acceptors (Lipinski definition) is 5. The molecule has 3 heterocycles. The van der Waals surface area contributed by atoms with Gasteiger partial charge >= 0.3 is 0 Å². The van der Waals surface area contributed by atoms with Crippen molar-refractivity contribution in [1.29, 1.82) is 0 Å². The molecule has 0 aliphatic carbocycles. The number of fused-ring (bicyclic) bond motifs is 3. The third-order valence-electron chi connectivity index (χ3n) is 4.71. The SMILES string of the molecule is CNC1(C)CN(c2nc3c(F)c(Br)c4c(c3c(=O)[nH]2)COC4)C1. The Kier molecular flexibility index (Phi) is 3.26. The summed E-state index contributed by atoms with van der Waals surface area (Å²) in [5.74, 6) is -0.103. The van der Waals surface area contributed by atoms with Crippen LogP contribution in [0.4, 0.5) is 10.3 Å². The van der Waals surface area contributed by atoms with Gasteiger partial charge in [-0.3, -0.25) is 9.78 Å². The lowest BCUT2D eigenvalue weighted by molar-refractivity contribution is 0.134. The van der Waals surface area contributed by atoms with Gasteiger partial charge in [0.15, 0.2) is 5.82 Å². The van der Waals surface area contributed by atoms with Gasteiger partial charge in [0.25, 0.3) is 5.56 Å². The topological polar surface area (TPSA) is 70.2 Å². The van der Waals surface area contributed by atoms with Gasteiger partial charge in [-0.15, -0.1) is 0 Å². The molecule has 4 rings (SSSR count). The van der Waals surface area contributed by atoms with Gasteiger partial charge in [-0.25, -0.2) is 9.37 Å². The van der Waals surface area contributed by atoms with E-state index < -0.39 is 5.82 Å². The van der Waals surface area contributed by atoms with Crippen LogP contribution in [0.1, 0.15) is 18.1 Å². The summed E-state index contributed by atoms with van der Waals surface area (Å²) >= 11 is 3.27. The lowest BCUT2D eigenvalue weighted by Crippen LogP contribution is -2.67. The Balaban J connectivity index is 1.88. The maximum Gasteiger partial charge on any atom is 0.260 e. The van der Waals surface area contributed by atoms with Gasteiger partial charge in [-0.2, -0.15) is 0 Å². The third kappa shape index (κ3) is 2.12. The van der Waals surface area contributed by atoms with Crippen molar-refractivity contribution < 1.29 is 9.13 Å². The predicted octanol–water partition coefficient (Wildman–Crippen LogP) is 1.65. The van der Waals surface area contributed by atoms with E-state index in [1.807, 2.05) is 11.9 Å². The van der Waals surface area contributed by atoms with Crippen molar-refractivity contribution in [1.82, 2.24) is 15.3 Å². The second kappa shape index (κ2) is 4.99. The second-order valence-corrected chi connectivity index (χ2v) is 7.15. The Hall–Kier alpha value is -1.51. The number of nitrogens with one attached hydrogen (secondary N) is 2. The van der Waals surface area contributed by atoms with Crippen molar-refractivity contribution in [2.24, 2.45) is 0 Å². The minimum Gasteiger partial charge on any atom is -0.372 e. The summed E-state index contributed by atoms with van der Waals surface area (Å²) in [4.78, 5) is 21.6. The van der Waals surface area contributed by atoms with Crippen LogP contribution in [0, 0.1) is 5.82 Å². The van der Waals surface area contributed by atoms with Crippen molar-refractivity contribution in [2.75, 3.05) is 25.0 Å². The fraction of sp³-hybridized carbons (Fsp3) is 0.467. The molecule has 122 valence electrons. The number of benzene rings is 1. The van der Waals surface area contributed by atoms with E-state index in [1.54, 1.807) is 0 Å². The molecule has 1 fully saturated rings. The average Bonchev–Trinajstić information content (AvgIpc) is 2.98. The summed E-state index contributed by atoms with van der Waals surface area (Å²) in [5, 5.41) is 3.51. The van der Waals surface area contributed by atoms with Crippen LogP contribution < -0.4 is 15.8 Å². The van der Waals surface area contributed by atoms with E-state index in [4.69, 9.17) is 4.74 Å². The van der Waals surface area contributed by atoms with E-state index in [9.17, 15) is 9.18 Å². The summed E-state index contributed by atoms with van der Waals surface area (Å²) in [6.45, 7) is 4.10. The zero-order valence-corrected chi connectivity index (χ0v) is 14.4. The monoisotopic (exact) mass is 382 g/mol. The number of H-pyrrole nitrogens is 1. The fourth-order valence-corrected chi connectivity index (χ4v) is 3.78. The largest absolute Gasteiger partial charge is 0.372 e. The van der Waals surface area contributed by atoms with Crippen LogP contribution in [0.15, 0.2) is 9.27 Å². The predicted molar refractivity (Wildman–Crippen MR) is 88.2 cm³/mol. The van der Waals surface area contributed by atoms with Crippen LogP contribution >= 0.6 is 15.9 Å². The highest BCUT2D eigenvalue weighted by Gasteiger charge is 2.39. The second-order valence-electron chi connectivity index (χ2n) is 6.36. The Morgan fingerprint density at radius 2 is 2.09 bits per heavy atom. The van der Waals surface area contributed by atoms with Gasteiger partial charge in [-0.1, -0.05) is 0 Å². The number of anilines is 1. The summed E-state index contributed by atoms with van der Waals surface area (Å²) in [7, 11) is 1.90. The normalized spacial score (nSPS) is 19.0. The molecule has 2 aromatic rings. The van der Waals surface area contributed by atoms with Crippen LogP contribution in [0.25, 0.3) is 10.9 Å². The first-order valence-electron chi connectivity index (χ1n) is 7.38. The minimum absolute atomic E-state index is 0.0154. The summed E-state index contributed by atoms with van der Waals surface area (Å²) in [5.41, 5.74) is 1.17. The van der Waals surface area contributed by atoms with Crippen LogP contribution in [0.2, 0.25) is 0 Å². The van der Waals surface area contributed by atoms with E-state index in [1.165, 1.54) is 0 Å². The maximum atomic E-state index is 14.7. The van der Waals surface area contributed by atoms with E-state index in [2.05, 4.69) is 38.1 Å². The molecule has 2 N–H and O–H groups in total. The van der Waals surface area contributed by atoms with E-state index in [0.29, 0.717) is 47.7 Å². The number of halogens is 2. The van der Waals surface area contributed by atoms with Crippen LogP contribution in [0.5, 0.6) is 0 Å². The van der Waals surface area contributed by atoms with Gasteiger partial charge < -0.3 is 15.0 Å². The number of nitrogens with zero attached hydrogens (tertiary/aromatic N) is 2. The molecule has 6 nitrogen and oxygen atoms in total. The molecule has 0 radical (unpaired) electrons. The molecule has 1 aromatic heterocycles. The van der Waals surface area contributed by atoms with Crippen LogP contribution in [-0.4, -0.2) is 35.6 Å². The molecule has 1 aromatic carbocycles. The highest BCUT2D eigenvalue weighted by molar-refractivity contribution is 9.10. The summed E-state index contributed by atoms with van der Waals surface area (Å²) < 4.78 is 20.4. The van der Waals surface area contributed by atoms with Crippen molar-refractivity contribution in [3.8, 4) is 0 Å². The molecular formula is C15H16BrFN4O2. The molecule has 0 atom stereocenters. The molecule has 2 aliphatic rings. The molecule has 2 aliphatic heterocycles. The van der Waals surface area contributed by atoms with Crippen molar-refractivity contribution in [3.05, 3.63) is 31.8 Å². The Bertz CT molecular complexity index is 876. The molecule has 1 saturated heterocycles. The lowest BCUT2D eigenvalue weighted by Gasteiger charge is -2.48. The van der Waals surface area contributed by atoms with Crippen LogP contribution in [-0.2, 0) is 18.0 Å². The number of hydrogen-bond donors (Lipinski definition) is 2. The first-order valence-corrected chi connectivity index (χ1v) is 8.17. The smallest absolute Gasteiger partial charge is 0.260 e.